The average molecular weight is 300 g/mol. The molecule has 1 rings (SSSR count). The minimum Gasteiger partial charge on any atom is -0.460 e. The van der Waals surface area contributed by atoms with Gasteiger partial charge < -0.3 is 4.74 Å². The van der Waals surface area contributed by atoms with Crippen LogP contribution in [-0.2, 0) is 4.74 Å². The molecule has 0 saturated heterocycles. The van der Waals surface area contributed by atoms with E-state index in [-0.39, 0.29) is 19.0 Å². The predicted molar refractivity (Wildman–Crippen MR) is 69.4 cm³/mol. The SMILES string of the molecule is CC(C)(COC(=O)c1cccnc1)N(Cl)Cl.Cl. The van der Waals surface area contributed by atoms with Crippen molar-refractivity contribution < 1.29 is 9.53 Å². The van der Waals surface area contributed by atoms with Gasteiger partial charge in [0.05, 0.1) is 11.1 Å². The second-order valence-corrected chi connectivity index (χ2v) is 4.71. The average Bonchev–Trinajstić information content (AvgIpc) is 2.27. The molecule has 0 aliphatic carbocycles. The van der Waals surface area contributed by atoms with Crippen molar-refractivity contribution >= 4 is 41.9 Å². The number of hydrogen-bond acceptors (Lipinski definition) is 4. The molecular formula is C10H13Cl3N2O2. The van der Waals surface area contributed by atoms with Gasteiger partial charge >= 0.3 is 5.97 Å². The van der Waals surface area contributed by atoms with E-state index in [1.165, 1.54) is 6.20 Å². The molecule has 0 unspecified atom stereocenters. The van der Waals surface area contributed by atoms with Gasteiger partial charge in [-0.3, -0.25) is 4.98 Å². The van der Waals surface area contributed by atoms with E-state index in [0.29, 0.717) is 5.56 Å². The number of carbonyl (C=O) groups excluding carboxylic acids is 1. The normalized spacial score (nSPS) is 10.9. The third kappa shape index (κ3) is 5.08. The Labute approximate surface area is 116 Å². The fourth-order valence-corrected chi connectivity index (χ4v) is 0.955. The van der Waals surface area contributed by atoms with Crippen molar-refractivity contribution in [2.45, 2.75) is 19.4 Å². The molecule has 96 valence electrons. The molecule has 0 aromatic carbocycles. The van der Waals surface area contributed by atoms with Crippen molar-refractivity contribution in [1.29, 1.82) is 0 Å². The lowest BCUT2D eigenvalue weighted by atomic mass is 10.1. The van der Waals surface area contributed by atoms with Crippen LogP contribution in [0.15, 0.2) is 24.5 Å². The first-order chi connectivity index (χ1) is 7.43. The van der Waals surface area contributed by atoms with Crippen LogP contribution < -0.4 is 0 Å². The van der Waals surface area contributed by atoms with Crippen LogP contribution in [0.1, 0.15) is 24.2 Å². The monoisotopic (exact) mass is 298 g/mol. The van der Waals surface area contributed by atoms with E-state index >= 15 is 0 Å². The maximum absolute atomic E-state index is 11.5. The van der Waals surface area contributed by atoms with Gasteiger partial charge in [-0.2, -0.15) is 0 Å². The highest BCUT2D eigenvalue weighted by Gasteiger charge is 2.26. The molecule has 17 heavy (non-hydrogen) atoms. The van der Waals surface area contributed by atoms with Crippen molar-refractivity contribution in [3.05, 3.63) is 30.1 Å². The molecule has 0 aliphatic heterocycles. The Morgan fingerprint density at radius 1 is 1.53 bits per heavy atom. The molecule has 0 bridgehead atoms. The highest BCUT2D eigenvalue weighted by atomic mass is 35.5. The number of pyridine rings is 1. The van der Waals surface area contributed by atoms with Crippen molar-refractivity contribution in [1.82, 2.24) is 8.92 Å². The number of nitrogens with zero attached hydrogens (tertiary/aromatic N) is 2. The van der Waals surface area contributed by atoms with Crippen LogP contribution in [0.5, 0.6) is 0 Å². The summed E-state index contributed by atoms with van der Waals surface area (Å²) in [5.74, 6) is -0.448. The summed E-state index contributed by atoms with van der Waals surface area (Å²) in [7, 11) is 0. The number of ether oxygens (including phenoxy) is 1. The largest absolute Gasteiger partial charge is 0.460 e. The van der Waals surface area contributed by atoms with Crippen LogP contribution >= 0.6 is 36.0 Å². The van der Waals surface area contributed by atoms with E-state index in [1.54, 1.807) is 32.2 Å². The van der Waals surface area contributed by atoms with Gasteiger partial charge in [-0.25, -0.2) is 4.79 Å². The molecule has 1 heterocycles. The Balaban J connectivity index is 0.00000256. The molecule has 0 fully saturated rings. The van der Waals surface area contributed by atoms with Crippen LogP contribution in [0.2, 0.25) is 0 Å². The lowest BCUT2D eigenvalue weighted by Crippen LogP contribution is -2.37. The molecular weight excluding hydrogens is 286 g/mol. The van der Waals surface area contributed by atoms with Crippen molar-refractivity contribution in [2.24, 2.45) is 0 Å². The summed E-state index contributed by atoms with van der Waals surface area (Å²) in [6.07, 6.45) is 3.02. The standard InChI is InChI=1S/C10H12Cl2N2O2.ClH/c1-10(2,14(11)12)7-16-9(15)8-4-3-5-13-6-8;/h3-6H,7H2,1-2H3;1H. The number of rotatable bonds is 4. The molecule has 0 radical (unpaired) electrons. The highest BCUT2D eigenvalue weighted by molar-refractivity contribution is 6.34. The summed E-state index contributed by atoms with van der Waals surface area (Å²) in [6.45, 7) is 3.60. The molecule has 0 spiro atoms. The predicted octanol–water partition coefficient (Wildman–Crippen LogP) is 3.05. The van der Waals surface area contributed by atoms with Crippen LogP contribution in [0.4, 0.5) is 0 Å². The number of carbonyl (C=O) groups is 1. The second kappa shape index (κ2) is 7.01. The lowest BCUT2D eigenvalue weighted by molar-refractivity contribution is 0.0372. The minimum atomic E-state index is -0.638. The molecule has 0 amide bonds. The summed E-state index contributed by atoms with van der Waals surface area (Å²) in [5.41, 5.74) is -0.241. The van der Waals surface area contributed by atoms with Crippen LogP contribution in [0.3, 0.4) is 0 Å². The Morgan fingerprint density at radius 3 is 2.65 bits per heavy atom. The molecule has 1 aromatic rings. The van der Waals surface area contributed by atoms with E-state index in [9.17, 15) is 4.79 Å². The zero-order chi connectivity index (χ0) is 12.2. The van der Waals surface area contributed by atoms with Crippen LogP contribution in [-0.4, -0.2) is 27.0 Å². The van der Waals surface area contributed by atoms with Crippen LogP contribution in [0, 0.1) is 0 Å². The Bertz CT molecular complexity index is 358. The molecule has 0 N–H and O–H groups in total. The highest BCUT2D eigenvalue weighted by Crippen LogP contribution is 2.20. The van der Waals surface area contributed by atoms with Crippen molar-refractivity contribution in [3.63, 3.8) is 0 Å². The van der Waals surface area contributed by atoms with Gasteiger partial charge in [0, 0.05) is 12.4 Å². The van der Waals surface area contributed by atoms with Crippen molar-refractivity contribution in [3.8, 4) is 0 Å². The first-order valence-electron chi connectivity index (χ1n) is 4.62. The summed E-state index contributed by atoms with van der Waals surface area (Å²) in [6, 6.07) is 3.29. The van der Waals surface area contributed by atoms with Gasteiger partial charge in [-0.15, -0.1) is 16.3 Å². The van der Waals surface area contributed by atoms with Gasteiger partial charge in [-0.1, -0.05) is 0 Å². The molecule has 7 heteroatoms. The summed E-state index contributed by atoms with van der Waals surface area (Å²) in [5, 5.41) is 0. The summed E-state index contributed by atoms with van der Waals surface area (Å²) >= 11 is 11.2. The smallest absolute Gasteiger partial charge is 0.339 e. The van der Waals surface area contributed by atoms with Crippen molar-refractivity contribution in [2.75, 3.05) is 6.61 Å². The van der Waals surface area contributed by atoms with E-state index in [1.807, 2.05) is 0 Å². The Kier molecular flexibility index (Phi) is 6.78. The summed E-state index contributed by atoms with van der Waals surface area (Å²) in [4.78, 5) is 15.4. The van der Waals surface area contributed by atoms with Gasteiger partial charge in [0.1, 0.15) is 6.61 Å². The molecule has 4 nitrogen and oxygen atoms in total. The number of hydrogen-bond donors (Lipinski definition) is 0. The second-order valence-electron chi connectivity index (χ2n) is 3.86. The van der Waals surface area contributed by atoms with Crippen LogP contribution in [0.25, 0.3) is 0 Å². The van der Waals surface area contributed by atoms with Gasteiger partial charge in [0.25, 0.3) is 0 Å². The first-order valence-corrected chi connectivity index (χ1v) is 5.30. The van der Waals surface area contributed by atoms with Gasteiger partial charge in [-0.05, 0) is 49.5 Å². The topological polar surface area (TPSA) is 42.4 Å². The Morgan fingerprint density at radius 2 is 2.18 bits per heavy atom. The first kappa shape index (κ1) is 16.4. The molecule has 0 saturated carbocycles. The van der Waals surface area contributed by atoms with Gasteiger partial charge in [0.15, 0.2) is 0 Å². The number of aromatic nitrogens is 1. The van der Waals surface area contributed by atoms with E-state index in [4.69, 9.17) is 28.3 Å². The summed E-state index contributed by atoms with van der Waals surface area (Å²) < 4.78 is 6.03. The zero-order valence-corrected chi connectivity index (χ0v) is 11.7. The Hall–Kier alpha value is -0.550. The minimum absolute atomic E-state index is 0. The van der Waals surface area contributed by atoms with Gasteiger partial charge in [0.2, 0.25) is 0 Å². The fourth-order valence-electron chi connectivity index (χ4n) is 0.858. The quantitative estimate of drug-likeness (QED) is 0.633. The number of halogens is 3. The third-order valence-electron chi connectivity index (χ3n) is 1.91. The molecule has 0 aliphatic rings. The van der Waals surface area contributed by atoms with E-state index in [2.05, 4.69) is 4.98 Å². The lowest BCUT2D eigenvalue weighted by Gasteiger charge is -2.26. The fraction of sp³-hybridized carbons (Fsp3) is 0.400. The molecule has 0 atom stereocenters. The number of esters is 1. The maximum atomic E-state index is 11.5. The zero-order valence-electron chi connectivity index (χ0n) is 9.39. The van der Waals surface area contributed by atoms with E-state index < -0.39 is 11.5 Å². The van der Waals surface area contributed by atoms with E-state index in [0.717, 1.165) is 3.94 Å². The third-order valence-corrected chi connectivity index (χ3v) is 2.83. The maximum Gasteiger partial charge on any atom is 0.339 e. The molecule has 1 aromatic heterocycles.